The number of para-hydroxylation sites is 4. The quantitative estimate of drug-likeness (QED) is 0.162. The number of hydrogen-bond acceptors (Lipinski definition) is 0. The molecule has 262 valence electrons. The van der Waals surface area contributed by atoms with Gasteiger partial charge in [-0.2, -0.15) is 0 Å². The maximum atomic E-state index is 2.44. The molecule has 2 nitrogen and oxygen atoms in total. The summed E-state index contributed by atoms with van der Waals surface area (Å²) >= 11 is 0. The minimum Gasteiger partial charge on any atom is -0.309 e. The normalized spacial score (nSPS) is 11.6. The Morgan fingerprint density at radius 3 is 1.36 bits per heavy atom. The monoisotopic (exact) mass is 712 g/mol. The van der Waals surface area contributed by atoms with E-state index in [9.17, 15) is 0 Å². The molecular weight excluding hydrogens is 677 g/mol. The van der Waals surface area contributed by atoms with Crippen LogP contribution in [0.15, 0.2) is 218 Å². The average Bonchev–Trinajstić information content (AvgIpc) is 3.79. The summed E-state index contributed by atoms with van der Waals surface area (Å²) in [6, 6.07) is 79.4. The van der Waals surface area contributed by atoms with E-state index in [1.165, 1.54) is 93.8 Å². The van der Waals surface area contributed by atoms with Gasteiger partial charge in [-0.05, 0) is 99.6 Å². The maximum absolute atomic E-state index is 2.44. The molecule has 0 saturated carbocycles. The van der Waals surface area contributed by atoms with Crippen molar-refractivity contribution >= 4 is 43.6 Å². The molecule has 0 N–H and O–H groups in total. The Morgan fingerprint density at radius 1 is 0.232 bits per heavy atom. The highest BCUT2D eigenvalue weighted by Crippen LogP contribution is 2.40. The van der Waals surface area contributed by atoms with Crippen molar-refractivity contribution in [2.45, 2.75) is 0 Å². The van der Waals surface area contributed by atoms with Gasteiger partial charge in [-0.3, -0.25) is 0 Å². The summed E-state index contributed by atoms with van der Waals surface area (Å²) in [7, 11) is 0. The minimum absolute atomic E-state index is 1.16. The van der Waals surface area contributed by atoms with Crippen LogP contribution in [0.2, 0.25) is 0 Å². The van der Waals surface area contributed by atoms with Crippen LogP contribution in [0.5, 0.6) is 0 Å². The molecule has 2 heteroatoms. The van der Waals surface area contributed by atoms with Crippen molar-refractivity contribution in [2.75, 3.05) is 0 Å². The average molecular weight is 713 g/mol. The van der Waals surface area contributed by atoms with Crippen molar-refractivity contribution in [3.8, 4) is 55.9 Å². The van der Waals surface area contributed by atoms with Gasteiger partial charge in [-0.15, -0.1) is 0 Å². The molecule has 0 bridgehead atoms. The van der Waals surface area contributed by atoms with E-state index in [1.807, 2.05) is 0 Å². The number of hydrogen-bond donors (Lipinski definition) is 0. The second-order valence-electron chi connectivity index (χ2n) is 14.5. The SMILES string of the molecule is c1ccc(-c2ccc(-c3ccc4c(c3)c3ccccc3n4-c3ccccc3-c3cccc(-c4ccc5c(c4)c4ccccc4n5-c4ccccc4)c3)cc2)cc1. The van der Waals surface area contributed by atoms with E-state index in [0.717, 1.165) is 5.69 Å². The van der Waals surface area contributed by atoms with Gasteiger partial charge in [-0.25, -0.2) is 0 Å². The Morgan fingerprint density at radius 2 is 0.661 bits per heavy atom. The van der Waals surface area contributed by atoms with Crippen LogP contribution in [0.25, 0.3) is 99.5 Å². The van der Waals surface area contributed by atoms with E-state index >= 15 is 0 Å². The lowest BCUT2D eigenvalue weighted by Crippen LogP contribution is -1.97. The van der Waals surface area contributed by atoms with Gasteiger partial charge in [0.2, 0.25) is 0 Å². The zero-order valence-electron chi connectivity index (χ0n) is 30.7. The van der Waals surface area contributed by atoms with Crippen molar-refractivity contribution in [1.82, 2.24) is 9.13 Å². The first-order chi connectivity index (χ1) is 27.8. The smallest absolute Gasteiger partial charge is 0.0541 e. The first kappa shape index (κ1) is 32.0. The Hall–Kier alpha value is -7.42. The van der Waals surface area contributed by atoms with Crippen molar-refractivity contribution in [1.29, 1.82) is 0 Å². The van der Waals surface area contributed by atoms with Crippen LogP contribution in [0.3, 0.4) is 0 Å². The summed E-state index contributed by atoms with van der Waals surface area (Å²) in [5.74, 6) is 0. The lowest BCUT2D eigenvalue weighted by Gasteiger charge is -2.15. The number of nitrogens with zero attached hydrogens (tertiary/aromatic N) is 2. The number of aromatic nitrogens is 2. The molecular formula is C54H36N2. The molecule has 0 atom stereocenters. The van der Waals surface area contributed by atoms with Crippen molar-refractivity contribution in [2.24, 2.45) is 0 Å². The molecule has 0 spiro atoms. The molecule has 0 unspecified atom stereocenters. The highest BCUT2D eigenvalue weighted by molar-refractivity contribution is 6.12. The highest BCUT2D eigenvalue weighted by atomic mass is 15.0. The van der Waals surface area contributed by atoms with Gasteiger partial charge in [0.15, 0.2) is 0 Å². The first-order valence-corrected chi connectivity index (χ1v) is 19.3. The predicted molar refractivity (Wildman–Crippen MR) is 237 cm³/mol. The molecule has 0 saturated heterocycles. The van der Waals surface area contributed by atoms with Gasteiger partial charge in [0.25, 0.3) is 0 Å². The third kappa shape index (κ3) is 5.26. The maximum Gasteiger partial charge on any atom is 0.0541 e. The van der Waals surface area contributed by atoms with Crippen molar-refractivity contribution < 1.29 is 0 Å². The van der Waals surface area contributed by atoms with E-state index < -0.39 is 0 Å². The van der Waals surface area contributed by atoms with Gasteiger partial charge in [-0.1, -0.05) is 158 Å². The third-order valence-corrected chi connectivity index (χ3v) is 11.3. The van der Waals surface area contributed by atoms with E-state index in [2.05, 4.69) is 228 Å². The third-order valence-electron chi connectivity index (χ3n) is 11.3. The Kier molecular flexibility index (Phi) is 7.53. The van der Waals surface area contributed by atoms with Crippen LogP contribution in [-0.2, 0) is 0 Å². The molecule has 0 radical (unpaired) electrons. The van der Waals surface area contributed by atoms with Crippen LogP contribution in [-0.4, -0.2) is 9.13 Å². The van der Waals surface area contributed by atoms with E-state index in [1.54, 1.807) is 0 Å². The zero-order chi connectivity index (χ0) is 37.0. The highest BCUT2D eigenvalue weighted by Gasteiger charge is 2.18. The Bertz CT molecular complexity index is 3220. The molecule has 9 aromatic carbocycles. The largest absolute Gasteiger partial charge is 0.309 e. The summed E-state index contributed by atoms with van der Waals surface area (Å²) in [4.78, 5) is 0. The Balaban J connectivity index is 1.01. The van der Waals surface area contributed by atoms with Crippen molar-refractivity contribution in [3.63, 3.8) is 0 Å². The van der Waals surface area contributed by atoms with Crippen LogP contribution in [0.1, 0.15) is 0 Å². The summed E-state index contributed by atoms with van der Waals surface area (Å²) in [5.41, 5.74) is 16.8. The van der Waals surface area contributed by atoms with E-state index in [4.69, 9.17) is 0 Å². The number of fused-ring (bicyclic) bond motifs is 6. The molecule has 2 aromatic heterocycles. The van der Waals surface area contributed by atoms with Gasteiger partial charge < -0.3 is 9.13 Å². The summed E-state index contributed by atoms with van der Waals surface area (Å²) < 4.78 is 4.82. The Labute approximate surface area is 325 Å². The molecule has 11 aromatic rings. The fraction of sp³-hybridized carbons (Fsp3) is 0. The zero-order valence-corrected chi connectivity index (χ0v) is 30.7. The number of rotatable bonds is 6. The summed E-state index contributed by atoms with van der Waals surface area (Å²) in [6.45, 7) is 0. The van der Waals surface area contributed by atoms with Gasteiger partial charge in [0, 0.05) is 32.8 Å². The lowest BCUT2D eigenvalue weighted by molar-refractivity contribution is 1.18. The van der Waals surface area contributed by atoms with Gasteiger partial charge in [0.1, 0.15) is 0 Å². The van der Waals surface area contributed by atoms with Gasteiger partial charge >= 0.3 is 0 Å². The van der Waals surface area contributed by atoms with E-state index in [-0.39, 0.29) is 0 Å². The second kappa shape index (κ2) is 13.2. The molecule has 0 aliphatic heterocycles. The van der Waals surface area contributed by atoms with Crippen LogP contribution < -0.4 is 0 Å². The number of benzene rings is 9. The molecule has 11 rings (SSSR count). The topological polar surface area (TPSA) is 9.86 Å². The fourth-order valence-corrected chi connectivity index (χ4v) is 8.68. The van der Waals surface area contributed by atoms with Crippen molar-refractivity contribution in [3.05, 3.63) is 218 Å². The van der Waals surface area contributed by atoms with Gasteiger partial charge in [0.05, 0.1) is 27.8 Å². The molecule has 56 heavy (non-hydrogen) atoms. The predicted octanol–water partition coefficient (Wildman–Crippen LogP) is 14.5. The van der Waals surface area contributed by atoms with Crippen LogP contribution >= 0.6 is 0 Å². The molecule has 0 aliphatic rings. The minimum atomic E-state index is 1.16. The lowest BCUT2D eigenvalue weighted by atomic mass is 9.97. The summed E-state index contributed by atoms with van der Waals surface area (Å²) in [6.07, 6.45) is 0. The fourth-order valence-electron chi connectivity index (χ4n) is 8.68. The van der Waals surface area contributed by atoms with E-state index in [0.29, 0.717) is 0 Å². The summed E-state index contributed by atoms with van der Waals surface area (Å²) in [5, 5.41) is 5.01. The molecule has 2 heterocycles. The first-order valence-electron chi connectivity index (χ1n) is 19.3. The molecule has 0 aliphatic carbocycles. The second-order valence-corrected chi connectivity index (χ2v) is 14.5. The standard InChI is InChI=1S/C54H36N2/c1-3-14-37(15-4-1)38-26-28-39(29-27-38)41-30-33-54-49(35-41)47-22-9-12-25-52(47)56(54)50-23-10-7-20-45(50)43-17-13-16-40(34-43)42-31-32-53-48(36-42)46-21-8-11-24-51(46)55(53)44-18-5-2-6-19-44/h1-36H. The van der Waals surface area contributed by atoms with Crippen LogP contribution in [0, 0.1) is 0 Å². The molecule has 0 fully saturated rings. The molecule has 0 amide bonds. The van der Waals surface area contributed by atoms with Crippen LogP contribution in [0.4, 0.5) is 0 Å².